The fourth-order valence-corrected chi connectivity index (χ4v) is 3.32. The Kier molecular flexibility index (Phi) is 6.49. The summed E-state index contributed by atoms with van der Waals surface area (Å²) in [5.74, 6) is 0.524. The zero-order valence-electron chi connectivity index (χ0n) is 12.2. The molecule has 1 fully saturated rings. The van der Waals surface area contributed by atoms with Gasteiger partial charge in [-0.05, 0) is 69.6 Å². The molecule has 0 aromatic heterocycles. The molecular weight excluding hydrogens is 316 g/mol. The zero-order chi connectivity index (χ0) is 14.4. The van der Waals surface area contributed by atoms with Crippen LogP contribution in [-0.4, -0.2) is 43.3 Å². The summed E-state index contributed by atoms with van der Waals surface area (Å²) in [6, 6.07) is 8.94. The maximum Gasteiger partial charge on any atom is 0.0460 e. The number of hydrogen-bond donors (Lipinski definition) is 2. The number of nitrogens with one attached hydrogen (secondary N) is 1. The van der Waals surface area contributed by atoms with E-state index in [9.17, 15) is 5.11 Å². The molecule has 1 saturated heterocycles. The molecule has 2 N–H and O–H groups in total. The third-order valence-corrected chi connectivity index (χ3v) is 4.79. The first-order valence-corrected chi connectivity index (χ1v) is 8.28. The molecule has 0 amide bonds. The Morgan fingerprint density at radius 3 is 2.75 bits per heavy atom. The minimum absolute atomic E-state index is 0.352. The second-order valence-corrected chi connectivity index (χ2v) is 6.57. The minimum Gasteiger partial charge on any atom is -0.396 e. The van der Waals surface area contributed by atoms with Crippen LogP contribution in [0.4, 0.5) is 0 Å². The van der Waals surface area contributed by atoms with Gasteiger partial charge in [0.25, 0.3) is 0 Å². The lowest BCUT2D eigenvalue weighted by molar-refractivity contribution is 0.128. The number of rotatable bonds is 6. The van der Waals surface area contributed by atoms with Crippen LogP contribution in [0.25, 0.3) is 0 Å². The van der Waals surface area contributed by atoms with Crippen LogP contribution in [0.1, 0.15) is 30.9 Å². The fourth-order valence-electron chi connectivity index (χ4n) is 2.91. The number of piperidine rings is 1. The Balaban J connectivity index is 1.82. The van der Waals surface area contributed by atoms with E-state index < -0.39 is 0 Å². The number of halogens is 1. The van der Waals surface area contributed by atoms with E-state index in [2.05, 4.69) is 50.4 Å². The van der Waals surface area contributed by atoms with Crippen molar-refractivity contribution < 1.29 is 5.11 Å². The molecule has 2 rings (SSSR count). The molecular formula is C16H25BrN2O. The van der Waals surface area contributed by atoms with Crippen LogP contribution in [0.15, 0.2) is 28.7 Å². The highest BCUT2D eigenvalue weighted by Crippen LogP contribution is 2.22. The largest absolute Gasteiger partial charge is 0.396 e. The van der Waals surface area contributed by atoms with Crippen molar-refractivity contribution in [1.82, 2.24) is 10.2 Å². The molecule has 0 saturated carbocycles. The predicted octanol–water partition coefficient (Wildman–Crippen LogP) is 2.80. The van der Waals surface area contributed by atoms with Gasteiger partial charge in [-0.25, -0.2) is 0 Å². The average Bonchev–Trinajstić information content (AvgIpc) is 2.48. The molecule has 0 aliphatic carbocycles. The van der Waals surface area contributed by atoms with Gasteiger partial charge in [0.1, 0.15) is 0 Å². The van der Waals surface area contributed by atoms with Crippen LogP contribution in [0.3, 0.4) is 0 Å². The van der Waals surface area contributed by atoms with Gasteiger partial charge in [0.15, 0.2) is 0 Å². The van der Waals surface area contributed by atoms with E-state index in [1.165, 1.54) is 5.56 Å². The van der Waals surface area contributed by atoms with Crippen LogP contribution in [-0.2, 0) is 0 Å². The summed E-state index contributed by atoms with van der Waals surface area (Å²) in [6.07, 6.45) is 3.39. The lowest BCUT2D eigenvalue weighted by atomic mass is 9.97. The molecule has 20 heavy (non-hydrogen) atoms. The highest BCUT2D eigenvalue weighted by atomic mass is 79.9. The normalized spacial score (nSPS) is 19.1. The van der Waals surface area contributed by atoms with Gasteiger partial charge in [-0.1, -0.05) is 28.1 Å². The van der Waals surface area contributed by atoms with Crippen LogP contribution < -0.4 is 5.32 Å². The standard InChI is InChI=1S/C16H25BrN2O/c1-18-16(14-3-2-4-15(17)11-14)7-10-19-8-5-13(12-20)6-9-19/h2-4,11,13,16,18,20H,5-10,12H2,1H3. The Labute approximate surface area is 130 Å². The van der Waals surface area contributed by atoms with E-state index in [0.29, 0.717) is 18.6 Å². The van der Waals surface area contributed by atoms with Crippen LogP contribution in [0, 0.1) is 5.92 Å². The van der Waals surface area contributed by atoms with Crippen molar-refractivity contribution in [2.75, 3.05) is 33.3 Å². The smallest absolute Gasteiger partial charge is 0.0460 e. The summed E-state index contributed by atoms with van der Waals surface area (Å²) >= 11 is 3.54. The summed E-state index contributed by atoms with van der Waals surface area (Å²) in [5, 5.41) is 12.6. The molecule has 1 atom stereocenters. The number of likely N-dealkylation sites (tertiary alicyclic amines) is 1. The first kappa shape index (κ1) is 16.0. The minimum atomic E-state index is 0.352. The van der Waals surface area contributed by atoms with E-state index in [1.54, 1.807) is 0 Å². The molecule has 1 aromatic carbocycles. The van der Waals surface area contributed by atoms with Crippen molar-refractivity contribution in [3.8, 4) is 0 Å². The second kappa shape index (κ2) is 8.13. The Hall–Kier alpha value is -0.420. The molecule has 0 spiro atoms. The zero-order valence-corrected chi connectivity index (χ0v) is 13.8. The molecule has 0 bridgehead atoms. The number of aliphatic hydroxyl groups is 1. The molecule has 1 aliphatic rings. The van der Waals surface area contributed by atoms with Gasteiger partial charge in [-0.3, -0.25) is 0 Å². The van der Waals surface area contributed by atoms with Crippen molar-refractivity contribution in [2.24, 2.45) is 5.92 Å². The fraction of sp³-hybridized carbons (Fsp3) is 0.625. The van der Waals surface area contributed by atoms with Gasteiger partial charge in [0, 0.05) is 17.1 Å². The van der Waals surface area contributed by atoms with E-state index in [0.717, 1.165) is 43.4 Å². The van der Waals surface area contributed by atoms with Crippen molar-refractivity contribution in [3.05, 3.63) is 34.3 Å². The number of hydrogen-bond acceptors (Lipinski definition) is 3. The van der Waals surface area contributed by atoms with Crippen LogP contribution in [0.2, 0.25) is 0 Å². The third-order valence-electron chi connectivity index (χ3n) is 4.30. The van der Waals surface area contributed by atoms with E-state index >= 15 is 0 Å². The average molecular weight is 341 g/mol. The van der Waals surface area contributed by atoms with Crippen LogP contribution in [0.5, 0.6) is 0 Å². The van der Waals surface area contributed by atoms with Gasteiger partial charge >= 0.3 is 0 Å². The van der Waals surface area contributed by atoms with Crippen molar-refractivity contribution >= 4 is 15.9 Å². The molecule has 1 aromatic rings. The Morgan fingerprint density at radius 2 is 2.15 bits per heavy atom. The molecule has 3 nitrogen and oxygen atoms in total. The highest BCUT2D eigenvalue weighted by molar-refractivity contribution is 9.10. The summed E-state index contributed by atoms with van der Waals surface area (Å²) in [5.41, 5.74) is 1.34. The summed E-state index contributed by atoms with van der Waals surface area (Å²) in [4.78, 5) is 2.52. The maximum absolute atomic E-state index is 9.18. The quantitative estimate of drug-likeness (QED) is 0.835. The second-order valence-electron chi connectivity index (χ2n) is 5.65. The van der Waals surface area contributed by atoms with Crippen molar-refractivity contribution in [3.63, 3.8) is 0 Å². The van der Waals surface area contributed by atoms with Gasteiger partial charge < -0.3 is 15.3 Å². The van der Waals surface area contributed by atoms with Gasteiger partial charge in [-0.15, -0.1) is 0 Å². The topological polar surface area (TPSA) is 35.5 Å². The highest BCUT2D eigenvalue weighted by Gasteiger charge is 2.19. The lowest BCUT2D eigenvalue weighted by Crippen LogP contribution is -2.36. The van der Waals surface area contributed by atoms with Gasteiger partial charge in [-0.2, -0.15) is 0 Å². The third kappa shape index (κ3) is 4.55. The van der Waals surface area contributed by atoms with Crippen molar-refractivity contribution in [1.29, 1.82) is 0 Å². The monoisotopic (exact) mass is 340 g/mol. The van der Waals surface area contributed by atoms with Gasteiger partial charge in [0.2, 0.25) is 0 Å². The molecule has 112 valence electrons. The number of benzene rings is 1. The van der Waals surface area contributed by atoms with Crippen LogP contribution >= 0.6 is 15.9 Å². The number of nitrogens with zero attached hydrogens (tertiary/aromatic N) is 1. The molecule has 1 aliphatic heterocycles. The maximum atomic E-state index is 9.18. The Bertz CT molecular complexity index is 405. The summed E-state index contributed by atoms with van der Waals surface area (Å²) in [6.45, 7) is 3.72. The molecule has 0 radical (unpaired) electrons. The lowest BCUT2D eigenvalue weighted by Gasteiger charge is -2.32. The van der Waals surface area contributed by atoms with E-state index in [4.69, 9.17) is 0 Å². The SMILES string of the molecule is CNC(CCN1CCC(CO)CC1)c1cccc(Br)c1. The molecule has 4 heteroatoms. The van der Waals surface area contributed by atoms with E-state index in [1.807, 2.05) is 7.05 Å². The van der Waals surface area contributed by atoms with Crippen molar-refractivity contribution in [2.45, 2.75) is 25.3 Å². The number of aliphatic hydroxyl groups excluding tert-OH is 1. The van der Waals surface area contributed by atoms with E-state index in [-0.39, 0.29) is 0 Å². The predicted molar refractivity (Wildman–Crippen MR) is 86.8 cm³/mol. The van der Waals surface area contributed by atoms with Gasteiger partial charge in [0.05, 0.1) is 0 Å². The summed E-state index contributed by atoms with van der Waals surface area (Å²) < 4.78 is 1.14. The molecule has 1 unspecified atom stereocenters. The molecule has 1 heterocycles. The first-order chi connectivity index (χ1) is 9.72. The summed E-state index contributed by atoms with van der Waals surface area (Å²) in [7, 11) is 2.03. The first-order valence-electron chi connectivity index (χ1n) is 7.49. The Morgan fingerprint density at radius 1 is 1.40 bits per heavy atom.